The molecule has 1 aliphatic heterocycles. The van der Waals surface area contributed by atoms with Gasteiger partial charge in [0, 0.05) is 32.7 Å². The fourth-order valence-electron chi connectivity index (χ4n) is 4.98. The van der Waals surface area contributed by atoms with Crippen LogP contribution in [-0.4, -0.2) is 70.3 Å². The summed E-state index contributed by atoms with van der Waals surface area (Å²) in [7, 11) is 0. The van der Waals surface area contributed by atoms with Crippen LogP contribution in [0.5, 0.6) is 0 Å². The molecule has 1 aliphatic rings. The van der Waals surface area contributed by atoms with Crippen LogP contribution >= 0.6 is 0 Å². The summed E-state index contributed by atoms with van der Waals surface area (Å²) >= 11 is 0. The number of aliphatic hydroxyl groups excluding tert-OH is 1. The summed E-state index contributed by atoms with van der Waals surface area (Å²) in [5.41, 5.74) is 4.00. The van der Waals surface area contributed by atoms with Crippen molar-refractivity contribution in [2.45, 2.75) is 25.7 Å². The molecule has 2 N–H and O–H groups in total. The first-order chi connectivity index (χ1) is 18.1. The van der Waals surface area contributed by atoms with E-state index in [9.17, 15) is 9.90 Å². The van der Waals surface area contributed by atoms with Gasteiger partial charge in [-0.1, -0.05) is 66.7 Å². The molecule has 5 rings (SSSR count). The number of aromatic nitrogens is 2. The minimum Gasteiger partial charge on any atom is -0.389 e. The molecule has 1 aromatic heterocycles. The molecule has 0 bridgehead atoms. The van der Waals surface area contributed by atoms with Crippen LogP contribution in [0, 0.1) is 6.92 Å². The van der Waals surface area contributed by atoms with Crippen molar-refractivity contribution in [1.82, 2.24) is 19.8 Å². The third-order valence-corrected chi connectivity index (χ3v) is 7.00. The number of aryl methyl sites for hydroxylation is 1. The highest BCUT2D eigenvalue weighted by molar-refractivity contribution is 5.77. The van der Waals surface area contributed by atoms with Crippen LogP contribution in [0.15, 0.2) is 83.7 Å². The molecular formula is C30H34N4O3. The van der Waals surface area contributed by atoms with Crippen molar-refractivity contribution < 1.29 is 9.84 Å². The monoisotopic (exact) mass is 498 g/mol. The predicted molar refractivity (Wildman–Crippen MR) is 146 cm³/mol. The zero-order valence-electron chi connectivity index (χ0n) is 21.2. The largest absolute Gasteiger partial charge is 0.389 e. The number of ether oxygens (including phenoxy) is 1. The van der Waals surface area contributed by atoms with Crippen molar-refractivity contribution in [3.63, 3.8) is 0 Å². The first-order valence-electron chi connectivity index (χ1n) is 12.9. The summed E-state index contributed by atoms with van der Waals surface area (Å²) in [6, 6.07) is 25.8. The van der Waals surface area contributed by atoms with Gasteiger partial charge in [0.2, 0.25) is 0 Å². The van der Waals surface area contributed by atoms with Gasteiger partial charge in [-0.15, -0.1) is 0 Å². The van der Waals surface area contributed by atoms with Gasteiger partial charge >= 0.3 is 0 Å². The van der Waals surface area contributed by atoms with Crippen LogP contribution in [0.1, 0.15) is 28.6 Å². The average molecular weight is 499 g/mol. The predicted octanol–water partition coefficient (Wildman–Crippen LogP) is 3.52. The number of H-pyrrole nitrogens is 1. The van der Waals surface area contributed by atoms with Gasteiger partial charge < -0.3 is 14.8 Å². The van der Waals surface area contributed by atoms with Gasteiger partial charge in [-0.3, -0.25) is 14.6 Å². The Labute approximate surface area is 217 Å². The normalized spacial score (nSPS) is 16.6. The lowest BCUT2D eigenvalue weighted by atomic mass is 9.97. The first-order valence-corrected chi connectivity index (χ1v) is 12.9. The second kappa shape index (κ2) is 11.8. The minimum atomic E-state index is -0.583. The molecule has 3 aromatic carbocycles. The van der Waals surface area contributed by atoms with Crippen molar-refractivity contribution in [2.75, 3.05) is 39.3 Å². The summed E-state index contributed by atoms with van der Waals surface area (Å²) in [5.74, 6) is 0.689. The molecule has 1 saturated heterocycles. The van der Waals surface area contributed by atoms with E-state index in [2.05, 4.69) is 51.0 Å². The second-order valence-electron chi connectivity index (χ2n) is 9.74. The zero-order chi connectivity index (χ0) is 25.6. The number of aromatic amines is 1. The molecule has 7 heteroatoms. The minimum absolute atomic E-state index is 0.0955. The summed E-state index contributed by atoms with van der Waals surface area (Å²) in [4.78, 5) is 24.5. The molecule has 0 spiro atoms. The van der Waals surface area contributed by atoms with Crippen molar-refractivity contribution in [2.24, 2.45) is 0 Å². The van der Waals surface area contributed by atoms with Crippen LogP contribution in [0.3, 0.4) is 0 Å². The number of hydrogen-bond donors (Lipinski definition) is 2. The quantitative estimate of drug-likeness (QED) is 0.368. The SMILES string of the molecule is Cc1ccccc1[C@@H](OC[C@@H](O)CN1CCN(Cc2nc3ccccc3c(=O)[nH]2)CC1)c1ccccc1. The van der Waals surface area contributed by atoms with Gasteiger partial charge in [0.25, 0.3) is 5.56 Å². The number of benzene rings is 3. The molecule has 1 fully saturated rings. The summed E-state index contributed by atoms with van der Waals surface area (Å²) in [6.07, 6.45) is -0.800. The lowest BCUT2D eigenvalue weighted by Crippen LogP contribution is -2.49. The molecule has 37 heavy (non-hydrogen) atoms. The summed E-state index contributed by atoms with van der Waals surface area (Å²) in [6.45, 7) is 6.90. The zero-order valence-corrected chi connectivity index (χ0v) is 21.2. The highest BCUT2D eigenvalue weighted by Crippen LogP contribution is 2.28. The van der Waals surface area contributed by atoms with Gasteiger partial charge in [0.1, 0.15) is 11.9 Å². The topological polar surface area (TPSA) is 81.7 Å². The molecule has 2 heterocycles. The van der Waals surface area contributed by atoms with Crippen molar-refractivity contribution >= 4 is 10.9 Å². The van der Waals surface area contributed by atoms with Crippen molar-refractivity contribution in [3.05, 3.63) is 112 Å². The smallest absolute Gasteiger partial charge is 0.258 e. The number of piperazine rings is 1. The Bertz CT molecular complexity index is 1370. The lowest BCUT2D eigenvalue weighted by Gasteiger charge is -2.35. The number of nitrogens with zero attached hydrogens (tertiary/aromatic N) is 3. The molecule has 192 valence electrons. The Hall–Kier alpha value is -3.36. The van der Waals surface area contributed by atoms with Gasteiger partial charge in [0.15, 0.2) is 0 Å². The number of para-hydroxylation sites is 1. The van der Waals surface area contributed by atoms with Crippen LogP contribution in [0.25, 0.3) is 10.9 Å². The molecule has 0 amide bonds. The molecule has 2 atom stereocenters. The van der Waals surface area contributed by atoms with Crippen LogP contribution < -0.4 is 5.56 Å². The maximum absolute atomic E-state index is 12.4. The molecule has 0 saturated carbocycles. The second-order valence-corrected chi connectivity index (χ2v) is 9.74. The van der Waals surface area contributed by atoms with E-state index >= 15 is 0 Å². The summed E-state index contributed by atoms with van der Waals surface area (Å²) < 4.78 is 6.32. The maximum Gasteiger partial charge on any atom is 0.258 e. The van der Waals surface area contributed by atoms with E-state index in [0.717, 1.165) is 42.8 Å². The standard InChI is InChI=1S/C30H34N4O3/c1-22-9-5-6-12-25(22)29(23-10-3-2-4-11-23)37-21-24(35)19-33-15-17-34(18-16-33)20-28-31-27-14-8-7-13-26(27)30(36)32-28/h2-14,24,29,35H,15-21H2,1H3,(H,31,32,36)/t24-,29-/m0/s1. The Morgan fingerprint density at radius 2 is 1.59 bits per heavy atom. The van der Waals surface area contributed by atoms with E-state index in [-0.39, 0.29) is 18.3 Å². The van der Waals surface area contributed by atoms with E-state index in [1.165, 1.54) is 5.56 Å². The van der Waals surface area contributed by atoms with E-state index in [1.807, 2.05) is 48.5 Å². The fraction of sp³-hybridized carbons (Fsp3) is 0.333. The fourth-order valence-corrected chi connectivity index (χ4v) is 4.98. The Morgan fingerprint density at radius 1 is 0.919 bits per heavy atom. The molecule has 0 radical (unpaired) electrons. The highest BCUT2D eigenvalue weighted by atomic mass is 16.5. The van der Waals surface area contributed by atoms with Crippen LogP contribution in [0.4, 0.5) is 0 Å². The van der Waals surface area contributed by atoms with Gasteiger partial charge in [-0.25, -0.2) is 4.98 Å². The van der Waals surface area contributed by atoms with E-state index in [0.29, 0.717) is 24.3 Å². The van der Waals surface area contributed by atoms with Gasteiger partial charge in [-0.05, 0) is 35.7 Å². The van der Waals surface area contributed by atoms with E-state index in [1.54, 1.807) is 6.07 Å². The Morgan fingerprint density at radius 3 is 2.38 bits per heavy atom. The lowest BCUT2D eigenvalue weighted by molar-refractivity contribution is -0.0151. The van der Waals surface area contributed by atoms with Gasteiger partial charge in [0.05, 0.1) is 30.2 Å². The van der Waals surface area contributed by atoms with Crippen molar-refractivity contribution in [3.8, 4) is 0 Å². The van der Waals surface area contributed by atoms with E-state index in [4.69, 9.17) is 4.74 Å². The number of nitrogens with one attached hydrogen (secondary N) is 1. The van der Waals surface area contributed by atoms with E-state index < -0.39 is 6.10 Å². The third kappa shape index (κ3) is 6.32. The number of aliphatic hydroxyl groups is 1. The molecule has 7 nitrogen and oxygen atoms in total. The number of hydrogen-bond acceptors (Lipinski definition) is 6. The van der Waals surface area contributed by atoms with Crippen LogP contribution in [0.2, 0.25) is 0 Å². The Balaban J connectivity index is 1.14. The number of β-amino-alcohol motifs (C(OH)–C–C–N with tert-alkyl or cyclic N) is 1. The maximum atomic E-state index is 12.4. The average Bonchev–Trinajstić information content (AvgIpc) is 2.91. The Kier molecular flexibility index (Phi) is 8.06. The number of fused-ring (bicyclic) bond motifs is 1. The molecular weight excluding hydrogens is 464 g/mol. The van der Waals surface area contributed by atoms with Crippen molar-refractivity contribution in [1.29, 1.82) is 0 Å². The third-order valence-electron chi connectivity index (χ3n) is 7.00. The summed E-state index contributed by atoms with van der Waals surface area (Å²) in [5, 5.41) is 11.4. The first kappa shape index (κ1) is 25.3. The van der Waals surface area contributed by atoms with Crippen LogP contribution in [-0.2, 0) is 11.3 Å². The molecule has 0 aliphatic carbocycles. The highest BCUT2D eigenvalue weighted by Gasteiger charge is 2.22. The number of rotatable bonds is 9. The molecule has 4 aromatic rings. The van der Waals surface area contributed by atoms with Gasteiger partial charge in [-0.2, -0.15) is 0 Å². The molecule has 0 unspecified atom stereocenters.